The highest BCUT2D eigenvalue weighted by molar-refractivity contribution is 9.10. The van der Waals surface area contributed by atoms with Gasteiger partial charge in [-0.05, 0) is 28.5 Å². The Bertz CT molecular complexity index is 368. The average molecular weight is 264 g/mol. The summed E-state index contributed by atoms with van der Waals surface area (Å²) in [6, 6.07) is 1.70. The lowest BCUT2D eigenvalue weighted by Gasteiger charge is -2.03. The van der Waals surface area contributed by atoms with Gasteiger partial charge in [0.05, 0.1) is 4.47 Å². The third-order valence-electron chi connectivity index (χ3n) is 1.66. The first-order valence-electron chi connectivity index (χ1n) is 3.94. The summed E-state index contributed by atoms with van der Waals surface area (Å²) in [4.78, 5) is 11.3. The molecule has 5 heteroatoms. The van der Waals surface area contributed by atoms with Gasteiger partial charge in [0.2, 0.25) is 0 Å². The van der Waals surface area contributed by atoms with Crippen molar-refractivity contribution < 1.29 is 13.6 Å². The number of hydrogen-bond acceptors (Lipinski definition) is 2. The summed E-state index contributed by atoms with van der Waals surface area (Å²) in [7, 11) is 0. The molecular formula is C9H8BrF2NO. The molecule has 0 aromatic heterocycles. The van der Waals surface area contributed by atoms with Gasteiger partial charge in [-0.3, -0.25) is 4.79 Å². The summed E-state index contributed by atoms with van der Waals surface area (Å²) in [5.74, 6) is -1.94. The zero-order valence-electron chi connectivity index (χ0n) is 7.19. The lowest BCUT2D eigenvalue weighted by atomic mass is 10.1. The fourth-order valence-corrected chi connectivity index (χ4v) is 1.47. The first kappa shape index (κ1) is 11.3. The normalized spacial score (nSPS) is 10.3. The molecule has 0 fully saturated rings. The maximum absolute atomic E-state index is 13.0. The van der Waals surface area contributed by atoms with Gasteiger partial charge in [0.15, 0.2) is 5.78 Å². The largest absolute Gasteiger partial charge is 0.330 e. The Morgan fingerprint density at radius 1 is 1.43 bits per heavy atom. The first-order valence-corrected chi connectivity index (χ1v) is 4.73. The van der Waals surface area contributed by atoms with Gasteiger partial charge in [-0.15, -0.1) is 0 Å². The van der Waals surface area contributed by atoms with Crippen LogP contribution in [0.3, 0.4) is 0 Å². The molecule has 0 radical (unpaired) electrons. The van der Waals surface area contributed by atoms with E-state index in [2.05, 4.69) is 15.9 Å². The van der Waals surface area contributed by atoms with Crippen molar-refractivity contribution in [2.45, 2.75) is 6.42 Å². The van der Waals surface area contributed by atoms with Crippen molar-refractivity contribution in [2.75, 3.05) is 6.54 Å². The summed E-state index contributed by atoms with van der Waals surface area (Å²) in [5.41, 5.74) is 5.16. The van der Waals surface area contributed by atoms with Crippen molar-refractivity contribution in [1.29, 1.82) is 0 Å². The maximum Gasteiger partial charge on any atom is 0.165 e. The molecule has 1 rings (SSSR count). The second kappa shape index (κ2) is 4.61. The number of hydrogen-bond donors (Lipinski definition) is 1. The number of carbonyl (C=O) groups is 1. The van der Waals surface area contributed by atoms with Gasteiger partial charge in [-0.2, -0.15) is 0 Å². The van der Waals surface area contributed by atoms with E-state index in [1.807, 2.05) is 0 Å². The average Bonchev–Trinajstić information content (AvgIpc) is 2.11. The minimum atomic E-state index is -0.787. The molecule has 2 nitrogen and oxygen atoms in total. The molecule has 1 aromatic rings. The monoisotopic (exact) mass is 263 g/mol. The van der Waals surface area contributed by atoms with Crippen LogP contribution >= 0.6 is 15.9 Å². The number of rotatable bonds is 3. The van der Waals surface area contributed by atoms with Crippen LogP contribution in [0.5, 0.6) is 0 Å². The summed E-state index contributed by atoms with van der Waals surface area (Å²) in [6.45, 7) is 0.156. The van der Waals surface area contributed by atoms with Gasteiger partial charge in [0.1, 0.15) is 11.6 Å². The zero-order valence-corrected chi connectivity index (χ0v) is 8.77. The number of carbonyl (C=O) groups excluding carboxylic acids is 1. The SMILES string of the molecule is NCCC(=O)c1cc(F)cc(F)c1Br. The van der Waals surface area contributed by atoms with Gasteiger partial charge >= 0.3 is 0 Å². The fraction of sp³-hybridized carbons (Fsp3) is 0.222. The topological polar surface area (TPSA) is 43.1 Å². The van der Waals surface area contributed by atoms with Gasteiger partial charge < -0.3 is 5.73 Å². The Labute approximate surface area is 88.2 Å². The van der Waals surface area contributed by atoms with Crippen LogP contribution in [0, 0.1) is 11.6 Å². The summed E-state index contributed by atoms with van der Waals surface area (Å²) in [6.07, 6.45) is 0.0709. The van der Waals surface area contributed by atoms with E-state index in [1.54, 1.807) is 0 Å². The summed E-state index contributed by atoms with van der Waals surface area (Å²) in [5, 5.41) is 0. The van der Waals surface area contributed by atoms with E-state index in [4.69, 9.17) is 5.73 Å². The molecule has 0 saturated heterocycles. The van der Waals surface area contributed by atoms with E-state index in [1.165, 1.54) is 0 Å². The second-order valence-corrected chi connectivity index (χ2v) is 3.50. The van der Waals surface area contributed by atoms with Crippen molar-refractivity contribution in [3.63, 3.8) is 0 Å². The molecule has 0 aliphatic rings. The molecular weight excluding hydrogens is 256 g/mol. The van der Waals surface area contributed by atoms with Crippen molar-refractivity contribution in [1.82, 2.24) is 0 Å². The molecule has 0 aliphatic heterocycles. The van der Waals surface area contributed by atoms with Crippen LogP contribution in [-0.4, -0.2) is 12.3 Å². The van der Waals surface area contributed by atoms with Crippen molar-refractivity contribution in [3.8, 4) is 0 Å². The molecule has 0 aliphatic carbocycles. The quantitative estimate of drug-likeness (QED) is 0.672. The standard InChI is InChI=1S/C9H8BrF2NO/c10-9-6(8(14)1-2-13)3-5(11)4-7(9)12/h3-4H,1-2,13H2. The fourth-order valence-electron chi connectivity index (χ4n) is 1.02. The van der Waals surface area contributed by atoms with Gasteiger partial charge in [-0.25, -0.2) is 8.78 Å². The molecule has 2 N–H and O–H groups in total. The minimum Gasteiger partial charge on any atom is -0.330 e. The maximum atomic E-state index is 13.0. The van der Waals surface area contributed by atoms with Gasteiger partial charge in [0, 0.05) is 18.1 Å². The number of halogens is 3. The van der Waals surface area contributed by atoms with E-state index in [0.29, 0.717) is 6.07 Å². The van der Waals surface area contributed by atoms with Crippen molar-refractivity contribution >= 4 is 21.7 Å². The number of Topliss-reactive ketones (excluding diaryl/α,β-unsaturated/α-hetero) is 1. The van der Waals surface area contributed by atoms with E-state index in [9.17, 15) is 13.6 Å². The third-order valence-corrected chi connectivity index (χ3v) is 2.47. The number of ketones is 1. The molecule has 76 valence electrons. The summed E-state index contributed by atoms with van der Waals surface area (Å²) >= 11 is 2.88. The highest BCUT2D eigenvalue weighted by Crippen LogP contribution is 2.23. The van der Waals surface area contributed by atoms with Crippen LogP contribution in [0.1, 0.15) is 16.8 Å². The van der Waals surface area contributed by atoms with E-state index in [-0.39, 0.29) is 28.8 Å². The second-order valence-electron chi connectivity index (χ2n) is 2.71. The third kappa shape index (κ3) is 2.36. The Kier molecular flexibility index (Phi) is 3.71. The molecule has 0 bridgehead atoms. The molecule has 0 unspecified atom stereocenters. The lowest BCUT2D eigenvalue weighted by molar-refractivity contribution is 0.0983. The summed E-state index contributed by atoms with van der Waals surface area (Å²) < 4.78 is 25.7. The highest BCUT2D eigenvalue weighted by atomic mass is 79.9. The predicted octanol–water partition coefficient (Wildman–Crippen LogP) is 2.26. The highest BCUT2D eigenvalue weighted by Gasteiger charge is 2.14. The molecule has 14 heavy (non-hydrogen) atoms. The Balaban J connectivity index is 3.13. The van der Waals surface area contributed by atoms with E-state index in [0.717, 1.165) is 6.07 Å². The number of nitrogens with two attached hydrogens (primary N) is 1. The molecule has 0 saturated carbocycles. The molecule has 1 aromatic carbocycles. The van der Waals surface area contributed by atoms with E-state index >= 15 is 0 Å². The first-order chi connectivity index (χ1) is 6.56. The Morgan fingerprint density at radius 2 is 2.07 bits per heavy atom. The van der Waals surface area contributed by atoms with Gasteiger partial charge in [0.25, 0.3) is 0 Å². The van der Waals surface area contributed by atoms with Crippen LogP contribution in [0.4, 0.5) is 8.78 Å². The molecule has 0 atom stereocenters. The number of benzene rings is 1. The molecule has 0 spiro atoms. The Morgan fingerprint density at radius 3 is 2.64 bits per heavy atom. The van der Waals surface area contributed by atoms with Crippen LogP contribution in [0.2, 0.25) is 0 Å². The van der Waals surface area contributed by atoms with Crippen molar-refractivity contribution in [3.05, 3.63) is 33.8 Å². The minimum absolute atomic E-state index is 0.00653. The smallest absolute Gasteiger partial charge is 0.165 e. The van der Waals surface area contributed by atoms with Crippen molar-refractivity contribution in [2.24, 2.45) is 5.73 Å². The molecule has 0 heterocycles. The zero-order chi connectivity index (χ0) is 10.7. The lowest BCUT2D eigenvalue weighted by Crippen LogP contribution is -2.09. The van der Waals surface area contributed by atoms with Crippen LogP contribution in [-0.2, 0) is 0 Å². The van der Waals surface area contributed by atoms with Gasteiger partial charge in [-0.1, -0.05) is 0 Å². The Hall–Kier alpha value is -0.810. The van der Waals surface area contributed by atoms with Crippen LogP contribution < -0.4 is 5.73 Å². The van der Waals surface area contributed by atoms with Crippen LogP contribution in [0.15, 0.2) is 16.6 Å². The molecule has 0 amide bonds. The van der Waals surface area contributed by atoms with Crippen LogP contribution in [0.25, 0.3) is 0 Å². The van der Waals surface area contributed by atoms with E-state index < -0.39 is 11.6 Å². The predicted molar refractivity (Wildman–Crippen MR) is 52.1 cm³/mol.